The number of amides is 2. The van der Waals surface area contributed by atoms with Crippen LogP contribution in [0.5, 0.6) is 5.75 Å². The standard InChI is InChI=1S/C21H27ClN4O5/c1-14(2)20-25-24-18(31-20)7-8-19(28)26-9-10-30-21(12-26,11-17(23)27)13-29-16-5-3-15(22)4-6-16/h3-6,14H,7-13H2,1-2H3,(H2,23,27)/t21-/m0/s1. The van der Waals surface area contributed by atoms with Crippen LogP contribution in [0.4, 0.5) is 0 Å². The molecule has 0 unspecified atom stereocenters. The van der Waals surface area contributed by atoms with Crippen LogP contribution in [0.3, 0.4) is 0 Å². The Bertz CT molecular complexity index is 901. The predicted molar refractivity (Wildman–Crippen MR) is 113 cm³/mol. The number of halogens is 1. The first-order valence-corrected chi connectivity index (χ1v) is 10.5. The van der Waals surface area contributed by atoms with Crippen molar-refractivity contribution in [2.45, 2.75) is 44.6 Å². The molecule has 3 rings (SSSR count). The summed E-state index contributed by atoms with van der Waals surface area (Å²) >= 11 is 5.90. The topological polar surface area (TPSA) is 121 Å². The number of aromatic nitrogens is 2. The fraction of sp³-hybridized carbons (Fsp3) is 0.524. The number of aryl methyl sites for hydroxylation is 1. The fourth-order valence-electron chi connectivity index (χ4n) is 3.34. The lowest BCUT2D eigenvalue weighted by Gasteiger charge is -2.42. The van der Waals surface area contributed by atoms with Crippen LogP contribution in [0, 0.1) is 0 Å². The molecule has 0 radical (unpaired) electrons. The van der Waals surface area contributed by atoms with Crippen molar-refractivity contribution >= 4 is 23.4 Å². The van der Waals surface area contributed by atoms with Gasteiger partial charge in [-0.2, -0.15) is 0 Å². The summed E-state index contributed by atoms with van der Waals surface area (Å²) < 4.78 is 17.3. The molecule has 10 heteroatoms. The van der Waals surface area contributed by atoms with Crippen LogP contribution in [0.2, 0.25) is 5.02 Å². The summed E-state index contributed by atoms with van der Waals surface area (Å²) in [6.45, 7) is 4.88. The van der Waals surface area contributed by atoms with Gasteiger partial charge in [-0.15, -0.1) is 10.2 Å². The molecule has 1 aromatic heterocycles. The fourth-order valence-corrected chi connectivity index (χ4v) is 3.47. The number of morpholine rings is 1. The molecule has 0 aliphatic carbocycles. The second-order valence-corrected chi connectivity index (χ2v) is 8.36. The maximum Gasteiger partial charge on any atom is 0.223 e. The number of hydrogen-bond donors (Lipinski definition) is 1. The first-order valence-electron chi connectivity index (χ1n) is 10.2. The van der Waals surface area contributed by atoms with E-state index in [1.165, 1.54) is 0 Å². The van der Waals surface area contributed by atoms with Crippen LogP contribution < -0.4 is 10.5 Å². The minimum absolute atomic E-state index is 0.0637. The van der Waals surface area contributed by atoms with Crippen molar-refractivity contribution in [2.75, 3.05) is 26.3 Å². The molecule has 1 fully saturated rings. The smallest absolute Gasteiger partial charge is 0.223 e. The van der Waals surface area contributed by atoms with Gasteiger partial charge in [-0.25, -0.2) is 0 Å². The van der Waals surface area contributed by atoms with E-state index in [0.29, 0.717) is 35.5 Å². The molecule has 2 heterocycles. The number of rotatable bonds is 9. The van der Waals surface area contributed by atoms with Crippen molar-refractivity contribution in [1.82, 2.24) is 15.1 Å². The molecule has 2 aromatic rings. The number of carbonyl (C=O) groups excluding carboxylic acids is 2. The van der Waals surface area contributed by atoms with Crippen LogP contribution in [0.25, 0.3) is 0 Å². The first kappa shape index (κ1) is 23.0. The highest BCUT2D eigenvalue weighted by Gasteiger charge is 2.40. The summed E-state index contributed by atoms with van der Waals surface area (Å²) in [7, 11) is 0. The Kier molecular flexibility index (Phi) is 7.50. The van der Waals surface area contributed by atoms with Gasteiger partial charge in [-0.05, 0) is 24.3 Å². The summed E-state index contributed by atoms with van der Waals surface area (Å²) in [5.41, 5.74) is 4.44. The Hall–Kier alpha value is -2.65. The van der Waals surface area contributed by atoms with Gasteiger partial charge in [0, 0.05) is 30.3 Å². The SMILES string of the molecule is CC(C)c1nnc(CCC(=O)N2CCO[C@@](COc3ccc(Cl)cc3)(CC(N)=O)C2)o1. The third-order valence-corrected chi connectivity index (χ3v) is 5.19. The molecule has 1 atom stereocenters. The van der Waals surface area contributed by atoms with Crippen LogP contribution in [-0.4, -0.2) is 58.8 Å². The predicted octanol–water partition coefficient (Wildman–Crippen LogP) is 2.33. The molecule has 1 aliphatic heterocycles. The van der Waals surface area contributed by atoms with Crippen molar-refractivity contribution < 1.29 is 23.5 Å². The van der Waals surface area contributed by atoms with E-state index in [1.807, 2.05) is 13.8 Å². The van der Waals surface area contributed by atoms with Gasteiger partial charge >= 0.3 is 0 Å². The lowest BCUT2D eigenvalue weighted by molar-refractivity contribution is -0.161. The monoisotopic (exact) mass is 450 g/mol. The normalized spacial score (nSPS) is 18.9. The summed E-state index contributed by atoms with van der Waals surface area (Å²) in [4.78, 5) is 26.2. The Balaban J connectivity index is 1.62. The number of benzene rings is 1. The molecule has 31 heavy (non-hydrogen) atoms. The Morgan fingerprint density at radius 3 is 2.68 bits per heavy atom. The molecular formula is C21H27ClN4O5. The lowest BCUT2D eigenvalue weighted by atomic mass is 9.97. The van der Waals surface area contributed by atoms with Gasteiger partial charge in [0.15, 0.2) is 0 Å². The summed E-state index contributed by atoms with van der Waals surface area (Å²) in [6.07, 6.45) is 0.496. The largest absolute Gasteiger partial charge is 0.490 e. The van der Waals surface area contributed by atoms with Gasteiger partial charge in [0.1, 0.15) is 18.0 Å². The van der Waals surface area contributed by atoms with E-state index < -0.39 is 11.5 Å². The van der Waals surface area contributed by atoms with Crippen LogP contribution in [-0.2, 0) is 20.7 Å². The van der Waals surface area contributed by atoms with Gasteiger partial charge < -0.3 is 24.5 Å². The highest BCUT2D eigenvalue weighted by Crippen LogP contribution is 2.25. The van der Waals surface area contributed by atoms with Gasteiger partial charge in [-0.3, -0.25) is 9.59 Å². The third-order valence-electron chi connectivity index (χ3n) is 4.94. The third kappa shape index (κ3) is 6.41. The molecular weight excluding hydrogens is 424 g/mol. The molecule has 9 nitrogen and oxygen atoms in total. The van der Waals surface area contributed by atoms with E-state index in [4.69, 9.17) is 31.2 Å². The van der Waals surface area contributed by atoms with Gasteiger partial charge in [0.25, 0.3) is 0 Å². The van der Waals surface area contributed by atoms with E-state index in [9.17, 15) is 9.59 Å². The van der Waals surface area contributed by atoms with Crippen molar-refractivity contribution in [1.29, 1.82) is 0 Å². The van der Waals surface area contributed by atoms with E-state index >= 15 is 0 Å². The molecule has 168 valence electrons. The summed E-state index contributed by atoms with van der Waals surface area (Å²) in [5, 5.41) is 8.56. The van der Waals surface area contributed by atoms with Crippen molar-refractivity contribution in [3.8, 4) is 5.75 Å². The van der Waals surface area contributed by atoms with Crippen molar-refractivity contribution in [2.24, 2.45) is 5.73 Å². The number of hydrogen-bond acceptors (Lipinski definition) is 7. The Labute approximate surface area is 185 Å². The zero-order valence-electron chi connectivity index (χ0n) is 17.7. The number of primary amides is 1. The maximum absolute atomic E-state index is 12.8. The van der Waals surface area contributed by atoms with E-state index in [-0.39, 0.29) is 44.4 Å². The molecule has 0 spiro atoms. The molecule has 1 saturated heterocycles. The zero-order chi connectivity index (χ0) is 22.4. The Morgan fingerprint density at radius 1 is 1.29 bits per heavy atom. The molecule has 1 aromatic carbocycles. The second-order valence-electron chi connectivity index (χ2n) is 7.92. The molecule has 0 bridgehead atoms. The zero-order valence-corrected chi connectivity index (χ0v) is 18.4. The number of carbonyl (C=O) groups is 2. The maximum atomic E-state index is 12.8. The molecule has 0 saturated carbocycles. The minimum Gasteiger partial charge on any atom is -0.490 e. The van der Waals surface area contributed by atoms with E-state index in [0.717, 1.165) is 0 Å². The van der Waals surface area contributed by atoms with Gasteiger partial charge in [-0.1, -0.05) is 25.4 Å². The van der Waals surface area contributed by atoms with Crippen LogP contribution >= 0.6 is 11.6 Å². The number of nitrogens with two attached hydrogens (primary N) is 1. The van der Waals surface area contributed by atoms with E-state index in [2.05, 4.69) is 10.2 Å². The van der Waals surface area contributed by atoms with E-state index in [1.54, 1.807) is 29.2 Å². The number of nitrogens with zero attached hydrogens (tertiary/aromatic N) is 3. The molecule has 2 amide bonds. The van der Waals surface area contributed by atoms with Crippen molar-refractivity contribution in [3.63, 3.8) is 0 Å². The first-order chi connectivity index (χ1) is 14.8. The second kappa shape index (κ2) is 10.1. The minimum atomic E-state index is -1.02. The van der Waals surface area contributed by atoms with Crippen LogP contribution in [0.1, 0.15) is 44.4 Å². The van der Waals surface area contributed by atoms with Gasteiger partial charge in [0.2, 0.25) is 23.6 Å². The average molecular weight is 451 g/mol. The Morgan fingerprint density at radius 2 is 2.03 bits per heavy atom. The summed E-state index contributed by atoms with van der Waals surface area (Å²) in [5.74, 6) is 1.08. The highest BCUT2D eigenvalue weighted by atomic mass is 35.5. The average Bonchev–Trinajstić information content (AvgIpc) is 3.21. The lowest BCUT2D eigenvalue weighted by Crippen LogP contribution is -2.58. The van der Waals surface area contributed by atoms with Gasteiger partial charge in [0.05, 0.1) is 19.6 Å². The summed E-state index contributed by atoms with van der Waals surface area (Å²) in [6, 6.07) is 6.86. The molecule has 1 aliphatic rings. The highest BCUT2D eigenvalue weighted by molar-refractivity contribution is 6.30. The molecule has 2 N–H and O–H groups in total. The van der Waals surface area contributed by atoms with Crippen LogP contribution in [0.15, 0.2) is 28.7 Å². The quantitative estimate of drug-likeness (QED) is 0.622. The van der Waals surface area contributed by atoms with Crippen molar-refractivity contribution in [3.05, 3.63) is 41.1 Å². The number of ether oxygens (including phenoxy) is 2.